The number of hydrogen-bond acceptors (Lipinski definition) is 1. The summed E-state index contributed by atoms with van der Waals surface area (Å²) in [6.07, 6.45) is 5.61. The monoisotopic (exact) mass is 290 g/mol. The summed E-state index contributed by atoms with van der Waals surface area (Å²) in [5.74, 6) is 0. The molecule has 21 heavy (non-hydrogen) atoms. The van der Waals surface area contributed by atoms with Gasteiger partial charge in [0.15, 0.2) is 0 Å². The zero-order valence-corrected chi connectivity index (χ0v) is 13.6. The molecule has 0 atom stereocenters. The summed E-state index contributed by atoms with van der Waals surface area (Å²) in [6, 6.07) is 19.3. The van der Waals surface area contributed by atoms with Gasteiger partial charge in [0.1, 0.15) is 0 Å². The van der Waals surface area contributed by atoms with E-state index < -0.39 is 8.96 Å². The lowest BCUT2D eigenvalue weighted by Crippen LogP contribution is -2.42. The second kappa shape index (κ2) is 6.14. The minimum Gasteiger partial charge on any atom is -0.404 e. The van der Waals surface area contributed by atoms with Crippen LogP contribution in [0.3, 0.4) is 0 Å². The number of anilines is 1. The SMILES string of the molecule is CC1=C([Si](Nc2ccccc2)c2ccccc2C)CC=C1. The van der Waals surface area contributed by atoms with E-state index in [0.717, 1.165) is 6.42 Å². The van der Waals surface area contributed by atoms with E-state index in [4.69, 9.17) is 0 Å². The Labute approximate surface area is 128 Å². The molecule has 0 bridgehead atoms. The van der Waals surface area contributed by atoms with Crippen LogP contribution in [0.1, 0.15) is 18.9 Å². The Morgan fingerprint density at radius 3 is 2.29 bits per heavy atom. The number of nitrogens with one attached hydrogen (secondary N) is 1. The number of rotatable bonds is 4. The molecule has 0 amide bonds. The molecule has 0 aromatic heterocycles. The summed E-state index contributed by atoms with van der Waals surface area (Å²) in [7, 11) is -0.964. The summed E-state index contributed by atoms with van der Waals surface area (Å²) in [6.45, 7) is 4.44. The van der Waals surface area contributed by atoms with Gasteiger partial charge in [-0.1, -0.05) is 65.4 Å². The van der Waals surface area contributed by atoms with Gasteiger partial charge in [-0.2, -0.15) is 0 Å². The van der Waals surface area contributed by atoms with Crippen LogP contribution in [-0.2, 0) is 0 Å². The van der Waals surface area contributed by atoms with Crippen LogP contribution in [0.4, 0.5) is 5.69 Å². The summed E-state index contributed by atoms with van der Waals surface area (Å²) in [5.41, 5.74) is 4.01. The maximum Gasteiger partial charge on any atom is 0.236 e. The van der Waals surface area contributed by atoms with E-state index in [9.17, 15) is 0 Å². The number of aryl methyl sites for hydroxylation is 1. The molecule has 2 aromatic carbocycles. The maximum absolute atomic E-state index is 3.81. The third-order valence-electron chi connectivity index (χ3n) is 3.93. The van der Waals surface area contributed by atoms with Gasteiger partial charge in [0.25, 0.3) is 0 Å². The first-order valence-electron chi connectivity index (χ1n) is 7.37. The molecule has 0 saturated heterocycles. The number of hydrogen-bond donors (Lipinski definition) is 1. The minimum absolute atomic E-state index is 0.964. The summed E-state index contributed by atoms with van der Waals surface area (Å²) in [5, 5.41) is 3.03. The second-order valence-electron chi connectivity index (χ2n) is 5.45. The lowest BCUT2D eigenvalue weighted by atomic mass is 10.2. The van der Waals surface area contributed by atoms with Crippen LogP contribution < -0.4 is 10.2 Å². The molecule has 1 N–H and O–H groups in total. The van der Waals surface area contributed by atoms with E-state index in [2.05, 4.69) is 85.6 Å². The standard InChI is InChI=1S/C19H20NSi/c1-15-9-6-7-13-18(15)21(19-14-8-10-16(19)2)20-17-11-4-3-5-12-17/h3-13,20H,14H2,1-2H3. The van der Waals surface area contributed by atoms with Gasteiger partial charge in [-0.25, -0.2) is 0 Å². The van der Waals surface area contributed by atoms with Gasteiger partial charge in [-0.3, -0.25) is 0 Å². The number of benzene rings is 2. The van der Waals surface area contributed by atoms with E-state index in [0.29, 0.717) is 0 Å². The first-order valence-corrected chi connectivity index (χ1v) is 8.87. The summed E-state index contributed by atoms with van der Waals surface area (Å²) >= 11 is 0. The molecule has 1 aliphatic carbocycles. The van der Waals surface area contributed by atoms with Crippen LogP contribution in [0.25, 0.3) is 0 Å². The molecule has 0 fully saturated rings. The quantitative estimate of drug-likeness (QED) is 0.835. The number of allylic oxidation sites excluding steroid dienone is 4. The van der Waals surface area contributed by atoms with Crippen LogP contribution in [0, 0.1) is 6.92 Å². The molecule has 1 aliphatic rings. The predicted octanol–water partition coefficient (Wildman–Crippen LogP) is 4.12. The van der Waals surface area contributed by atoms with Crippen LogP contribution >= 0.6 is 0 Å². The first kappa shape index (κ1) is 13.9. The molecule has 2 aromatic rings. The molecule has 2 heteroatoms. The highest BCUT2D eigenvalue weighted by Gasteiger charge is 2.24. The lowest BCUT2D eigenvalue weighted by Gasteiger charge is -2.22. The Hall–Kier alpha value is -2.06. The molecule has 0 heterocycles. The maximum atomic E-state index is 3.81. The first-order chi connectivity index (χ1) is 10.3. The Morgan fingerprint density at radius 1 is 0.905 bits per heavy atom. The smallest absolute Gasteiger partial charge is 0.236 e. The van der Waals surface area contributed by atoms with Gasteiger partial charge in [0.05, 0.1) is 0 Å². The van der Waals surface area contributed by atoms with Gasteiger partial charge in [0, 0.05) is 5.69 Å². The third-order valence-corrected chi connectivity index (χ3v) is 6.77. The van der Waals surface area contributed by atoms with Gasteiger partial charge < -0.3 is 4.98 Å². The highest BCUT2D eigenvalue weighted by molar-refractivity contribution is 6.83. The van der Waals surface area contributed by atoms with Crippen molar-refractivity contribution in [2.75, 3.05) is 4.98 Å². The fraction of sp³-hybridized carbons (Fsp3) is 0.158. The molecular formula is C19H20NSi. The van der Waals surface area contributed by atoms with Crippen LogP contribution in [0.15, 0.2) is 77.5 Å². The van der Waals surface area contributed by atoms with Crippen molar-refractivity contribution in [2.45, 2.75) is 20.3 Å². The Bertz CT molecular complexity index is 686. The van der Waals surface area contributed by atoms with Crippen molar-refractivity contribution in [3.8, 4) is 0 Å². The average Bonchev–Trinajstić information content (AvgIpc) is 2.93. The molecule has 0 spiro atoms. The van der Waals surface area contributed by atoms with Crippen molar-refractivity contribution in [3.05, 3.63) is 83.1 Å². The van der Waals surface area contributed by atoms with E-state index in [1.807, 2.05) is 0 Å². The fourth-order valence-corrected chi connectivity index (χ4v) is 5.35. The number of para-hydroxylation sites is 1. The Kier molecular flexibility index (Phi) is 4.07. The molecular weight excluding hydrogens is 270 g/mol. The van der Waals surface area contributed by atoms with Gasteiger partial charge in [-0.05, 0) is 43.2 Å². The van der Waals surface area contributed by atoms with Crippen molar-refractivity contribution < 1.29 is 0 Å². The molecule has 1 nitrogen and oxygen atoms in total. The summed E-state index contributed by atoms with van der Waals surface area (Å²) < 4.78 is 0. The normalized spacial score (nSPS) is 14.0. The van der Waals surface area contributed by atoms with Gasteiger partial charge in [-0.15, -0.1) is 0 Å². The van der Waals surface area contributed by atoms with Crippen molar-refractivity contribution in [2.24, 2.45) is 0 Å². The Morgan fingerprint density at radius 2 is 1.62 bits per heavy atom. The molecule has 0 saturated carbocycles. The highest BCUT2D eigenvalue weighted by atomic mass is 28.3. The average molecular weight is 290 g/mol. The van der Waals surface area contributed by atoms with Gasteiger partial charge in [0.2, 0.25) is 8.96 Å². The minimum atomic E-state index is -0.964. The topological polar surface area (TPSA) is 12.0 Å². The summed E-state index contributed by atoms with van der Waals surface area (Å²) in [4.78, 5) is 3.81. The third kappa shape index (κ3) is 3.00. The highest BCUT2D eigenvalue weighted by Crippen LogP contribution is 2.22. The van der Waals surface area contributed by atoms with E-state index >= 15 is 0 Å². The largest absolute Gasteiger partial charge is 0.404 e. The van der Waals surface area contributed by atoms with Crippen molar-refractivity contribution in [1.29, 1.82) is 0 Å². The zero-order valence-electron chi connectivity index (χ0n) is 12.6. The molecule has 3 rings (SSSR count). The van der Waals surface area contributed by atoms with E-state index in [1.165, 1.54) is 22.0 Å². The van der Waals surface area contributed by atoms with E-state index in [1.54, 1.807) is 5.20 Å². The lowest BCUT2D eigenvalue weighted by molar-refractivity contribution is 1.34. The van der Waals surface area contributed by atoms with Gasteiger partial charge >= 0.3 is 0 Å². The van der Waals surface area contributed by atoms with Crippen LogP contribution in [0.5, 0.6) is 0 Å². The zero-order chi connectivity index (χ0) is 14.7. The second-order valence-corrected chi connectivity index (χ2v) is 7.59. The van der Waals surface area contributed by atoms with Crippen LogP contribution in [0.2, 0.25) is 0 Å². The van der Waals surface area contributed by atoms with Crippen LogP contribution in [-0.4, -0.2) is 8.96 Å². The van der Waals surface area contributed by atoms with Crippen molar-refractivity contribution in [1.82, 2.24) is 0 Å². The fourth-order valence-electron chi connectivity index (χ4n) is 2.74. The van der Waals surface area contributed by atoms with Crippen molar-refractivity contribution >= 4 is 19.8 Å². The molecule has 0 aliphatic heterocycles. The van der Waals surface area contributed by atoms with Crippen molar-refractivity contribution in [3.63, 3.8) is 0 Å². The Balaban J connectivity index is 2.00. The predicted molar refractivity (Wildman–Crippen MR) is 93.1 cm³/mol. The van der Waals surface area contributed by atoms with E-state index in [-0.39, 0.29) is 0 Å². The molecule has 1 radical (unpaired) electrons. The molecule has 0 unspecified atom stereocenters. The molecule has 105 valence electrons.